The second kappa shape index (κ2) is 3.74. The van der Waals surface area contributed by atoms with Crippen LogP contribution in [0.2, 0.25) is 0 Å². The highest BCUT2D eigenvalue weighted by Crippen LogP contribution is 2.37. The number of carbonyl (C=O) groups is 1. The Bertz CT molecular complexity index is 216. The van der Waals surface area contributed by atoms with Crippen molar-refractivity contribution in [2.75, 3.05) is 7.11 Å². The monoisotopic (exact) mass is 168 g/mol. The number of carbonyl (C=O) groups excluding carboxylic acids is 1. The molecule has 0 spiro atoms. The maximum Gasteiger partial charge on any atom is 0.333 e. The van der Waals surface area contributed by atoms with Gasteiger partial charge in [-0.15, -0.1) is 0 Å². The van der Waals surface area contributed by atoms with Gasteiger partial charge in [-0.1, -0.05) is 18.9 Å². The van der Waals surface area contributed by atoms with Gasteiger partial charge in [-0.2, -0.15) is 0 Å². The molecule has 0 saturated heterocycles. The van der Waals surface area contributed by atoms with Crippen molar-refractivity contribution >= 4 is 5.97 Å². The quantitative estimate of drug-likeness (QED) is 0.604. The van der Waals surface area contributed by atoms with E-state index in [9.17, 15) is 4.79 Å². The van der Waals surface area contributed by atoms with Gasteiger partial charge in [0.25, 0.3) is 0 Å². The van der Waals surface area contributed by atoms with Crippen molar-refractivity contribution in [3.63, 3.8) is 0 Å². The molecule has 0 aromatic carbocycles. The lowest BCUT2D eigenvalue weighted by Crippen LogP contribution is -2.23. The fourth-order valence-electron chi connectivity index (χ4n) is 1.71. The van der Waals surface area contributed by atoms with Crippen molar-refractivity contribution in [2.24, 2.45) is 5.92 Å². The van der Waals surface area contributed by atoms with Gasteiger partial charge < -0.3 is 4.74 Å². The molecule has 0 saturated carbocycles. The summed E-state index contributed by atoms with van der Waals surface area (Å²) in [7, 11) is 1.44. The van der Waals surface area contributed by atoms with E-state index in [1.54, 1.807) is 0 Å². The first kappa shape index (κ1) is 9.30. The molecule has 68 valence electrons. The Labute approximate surface area is 73.6 Å². The molecule has 1 rings (SSSR count). The van der Waals surface area contributed by atoms with Crippen LogP contribution >= 0.6 is 0 Å². The van der Waals surface area contributed by atoms with Gasteiger partial charge >= 0.3 is 5.97 Å². The van der Waals surface area contributed by atoms with Gasteiger partial charge in [-0.25, -0.2) is 4.79 Å². The van der Waals surface area contributed by atoms with Crippen LogP contribution in [0.1, 0.15) is 33.1 Å². The molecule has 0 heterocycles. The average Bonchev–Trinajstić information content (AvgIpc) is 2.09. The fourth-order valence-corrected chi connectivity index (χ4v) is 1.71. The molecule has 2 heteroatoms. The van der Waals surface area contributed by atoms with E-state index in [1.165, 1.54) is 25.5 Å². The minimum atomic E-state index is -0.139. The highest BCUT2D eigenvalue weighted by atomic mass is 16.5. The predicted octanol–water partition coefficient (Wildman–Crippen LogP) is 2.30. The molecule has 1 aliphatic rings. The number of hydrogen-bond donors (Lipinski definition) is 0. The minimum Gasteiger partial charge on any atom is -0.466 e. The molecule has 0 fully saturated rings. The van der Waals surface area contributed by atoms with Crippen molar-refractivity contribution in [3.05, 3.63) is 11.1 Å². The topological polar surface area (TPSA) is 26.3 Å². The SMILES string of the molecule is CCCC1CC(C(=O)OC)=C1C. The van der Waals surface area contributed by atoms with Crippen LogP contribution < -0.4 is 0 Å². The molecule has 0 bridgehead atoms. The molecule has 1 aliphatic carbocycles. The summed E-state index contributed by atoms with van der Waals surface area (Å²) >= 11 is 0. The molecule has 1 atom stereocenters. The Morgan fingerprint density at radius 1 is 1.67 bits per heavy atom. The number of rotatable bonds is 3. The molecule has 0 aromatic heterocycles. The Morgan fingerprint density at radius 3 is 2.75 bits per heavy atom. The Kier molecular flexibility index (Phi) is 2.90. The highest BCUT2D eigenvalue weighted by Gasteiger charge is 2.30. The van der Waals surface area contributed by atoms with Gasteiger partial charge in [0.2, 0.25) is 0 Å². The van der Waals surface area contributed by atoms with Crippen LogP contribution in [0, 0.1) is 5.92 Å². The molecule has 0 amide bonds. The van der Waals surface area contributed by atoms with E-state index in [2.05, 4.69) is 11.7 Å². The van der Waals surface area contributed by atoms with Gasteiger partial charge in [0.05, 0.1) is 7.11 Å². The van der Waals surface area contributed by atoms with Crippen molar-refractivity contribution in [1.29, 1.82) is 0 Å². The van der Waals surface area contributed by atoms with Crippen LogP contribution in [-0.4, -0.2) is 13.1 Å². The smallest absolute Gasteiger partial charge is 0.333 e. The average molecular weight is 168 g/mol. The van der Waals surface area contributed by atoms with Crippen LogP contribution in [0.4, 0.5) is 0 Å². The van der Waals surface area contributed by atoms with Crippen LogP contribution in [0.15, 0.2) is 11.1 Å². The number of allylic oxidation sites excluding steroid dienone is 1. The van der Waals surface area contributed by atoms with E-state index < -0.39 is 0 Å². The normalized spacial score (nSPS) is 22.1. The van der Waals surface area contributed by atoms with Gasteiger partial charge in [0.15, 0.2) is 0 Å². The van der Waals surface area contributed by atoms with Gasteiger partial charge in [-0.3, -0.25) is 0 Å². The molecule has 1 unspecified atom stereocenters. The van der Waals surface area contributed by atoms with Crippen LogP contribution in [0.25, 0.3) is 0 Å². The number of ether oxygens (including phenoxy) is 1. The molecular formula is C10H16O2. The number of hydrogen-bond acceptors (Lipinski definition) is 2. The summed E-state index contributed by atoms with van der Waals surface area (Å²) in [4.78, 5) is 11.1. The summed E-state index contributed by atoms with van der Waals surface area (Å²) in [5.74, 6) is 0.504. The second-order valence-electron chi connectivity index (χ2n) is 3.34. The van der Waals surface area contributed by atoms with E-state index in [0.717, 1.165) is 12.0 Å². The van der Waals surface area contributed by atoms with E-state index in [4.69, 9.17) is 0 Å². The lowest BCUT2D eigenvalue weighted by atomic mass is 9.76. The standard InChI is InChI=1S/C10H16O2/c1-4-5-8-6-9(7(8)2)10(11)12-3/h8H,4-6H2,1-3H3. The zero-order chi connectivity index (χ0) is 9.14. The van der Waals surface area contributed by atoms with E-state index in [0.29, 0.717) is 5.92 Å². The Morgan fingerprint density at radius 2 is 2.33 bits per heavy atom. The third-order valence-corrected chi connectivity index (χ3v) is 2.61. The minimum absolute atomic E-state index is 0.139. The maximum absolute atomic E-state index is 11.1. The summed E-state index contributed by atoms with van der Waals surface area (Å²) in [5, 5.41) is 0. The lowest BCUT2D eigenvalue weighted by molar-refractivity contribution is -0.136. The summed E-state index contributed by atoms with van der Waals surface area (Å²) in [6.45, 7) is 4.21. The first-order valence-corrected chi connectivity index (χ1v) is 4.48. The highest BCUT2D eigenvalue weighted by molar-refractivity contribution is 5.91. The predicted molar refractivity (Wildman–Crippen MR) is 47.7 cm³/mol. The Balaban J connectivity index is 2.55. The molecule has 2 nitrogen and oxygen atoms in total. The van der Waals surface area contributed by atoms with E-state index in [1.807, 2.05) is 6.92 Å². The third kappa shape index (κ3) is 1.52. The maximum atomic E-state index is 11.1. The van der Waals surface area contributed by atoms with Crippen molar-refractivity contribution in [3.8, 4) is 0 Å². The summed E-state index contributed by atoms with van der Waals surface area (Å²) in [6.07, 6.45) is 3.31. The summed E-state index contributed by atoms with van der Waals surface area (Å²) in [5.41, 5.74) is 2.14. The first-order chi connectivity index (χ1) is 5.70. The zero-order valence-corrected chi connectivity index (χ0v) is 8.02. The van der Waals surface area contributed by atoms with Gasteiger partial charge in [-0.05, 0) is 25.7 Å². The van der Waals surface area contributed by atoms with E-state index in [-0.39, 0.29) is 5.97 Å². The molecule has 0 radical (unpaired) electrons. The molecule has 0 N–H and O–H groups in total. The summed E-state index contributed by atoms with van der Waals surface area (Å²) < 4.78 is 4.65. The van der Waals surface area contributed by atoms with E-state index >= 15 is 0 Å². The number of esters is 1. The van der Waals surface area contributed by atoms with Gasteiger partial charge in [0, 0.05) is 5.57 Å². The van der Waals surface area contributed by atoms with Crippen molar-refractivity contribution < 1.29 is 9.53 Å². The lowest BCUT2D eigenvalue weighted by Gasteiger charge is -2.29. The van der Waals surface area contributed by atoms with Gasteiger partial charge in [0.1, 0.15) is 0 Å². The second-order valence-corrected chi connectivity index (χ2v) is 3.34. The third-order valence-electron chi connectivity index (χ3n) is 2.61. The molecule has 12 heavy (non-hydrogen) atoms. The number of methoxy groups -OCH3 is 1. The fraction of sp³-hybridized carbons (Fsp3) is 0.700. The van der Waals surface area contributed by atoms with Crippen molar-refractivity contribution in [2.45, 2.75) is 33.1 Å². The molecule has 0 aromatic rings. The zero-order valence-electron chi connectivity index (χ0n) is 8.02. The molecular weight excluding hydrogens is 152 g/mol. The largest absolute Gasteiger partial charge is 0.466 e. The van der Waals surface area contributed by atoms with Crippen LogP contribution in [0.3, 0.4) is 0 Å². The summed E-state index contributed by atoms with van der Waals surface area (Å²) in [6, 6.07) is 0. The van der Waals surface area contributed by atoms with Crippen LogP contribution in [-0.2, 0) is 9.53 Å². The molecule has 0 aliphatic heterocycles. The first-order valence-electron chi connectivity index (χ1n) is 4.48. The van der Waals surface area contributed by atoms with Crippen molar-refractivity contribution in [1.82, 2.24) is 0 Å². The Hall–Kier alpha value is -0.790. The van der Waals surface area contributed by atoms with Crippen LogP contribution in [0.5, 0.6) is 0 Å².